The molecule has 0 bridgehead atoms. The molecule has 0 aromatic rings. The van der Waals surface area contributed by atoms with Gasteiger partial charge in [-0.1, -0.05) is 50.0 Å². The average molecular weight is 362 g/mol. The molecule has 13 heavy (non-hydrogen) atoms. The summed E-state index contributed by atoms with van der Waals surface area (Å²) in [5.41, 5.74) is 0. The SMILES string of the molecule is C.C.C.C.C[CH-]CC.[CH2-]CCC.[W+2]. The van der Waals surface area contributed by atoms with Crippen molar-refractivity contribution in [1.82, 2.24) is 0 Å². The Morgan fingerprint density at radius 3 is 1.15 bits per heavy atom. The summed E-state index contributed by atoms with van der Waals surface area (Å²) in [7, 11) is 0. The van der Waals surface area contributed by atoms with Gasteiger partial charge in [-0.15, -0.1) is 0 Å². The van der Waals surface area contributed by atoms with E-state index in [0.717, 1.165) is 6.42 Å². The fourth-order valence-corrected chi connectivity index (χ4v) is 0. The summed E-state index contributed by atoms with van der Waals surface area (Å²) >= 11 is 0. The summed E-state index contributed by atoms with van der Waals surface area (Å²) in [5.74, 6) is 0. The van der Waals surface area contributed by atoms with Gasteiger partial charge in [-0.2, -0.15) is 19.8 Å². The van der Waals surface area contributed by atoms with Crippen molar-refractivity contribution in [3.63, 3.8) is 0 Å². The molecule has 0 rings (SSSR count). The molecule has 0 aliphatic rings. The molecule has 0 atom stereocenters. The molecular weight excluding hydrogens is 328 g/mol. The molecule has 0 amide bonds. The second kappa shape index (κ2) is 78.9. The molecule has 88 valence electrons. The van der Waals surface area contributed by atoms with Crippen LogP contribution in [0.2, 0.25) is 0 Å². The minimum absolute atomic E-state index is 0. The Hall–Kier alpha value is 0.688. The third kappa shape index (κ3) is 201. The van der Waals surface area contributed by atoms with Crippen LogP contribution in [-0.2, 0) is 21.1 Å². The second-order valence-corrected chi connectivity index (χ2v) is 1.67. The molecule has 0 saturated heterocycles. The molecule has 0 spiro atoms. The van der Waals surface area contributed by atoms with Gasteiger partial charge in [0, 0.05) is 0 Å². The van der Waals surface area contributed by atoms with Crippen LogP contribution in [0.4, 0.5) is 0 Å². The molecule has 0 aliphatic heterocycles. The van der Waals surface area contributed by atoms with Crippen LogP contribution in [0, 0.1) is 13.3 Å². The van der Waals surface area contributed by atoms with Crippen molar-refractivity contribution in [1.29, 1.82) is 0 Å². The van der Waals surface area contributed by atoms with Crippen LogP contribution in [-0.4, -0.2) is 0 Å². The monoisotopic (exact) mass is 362 g/mol. The maximum absolute atomic E-state index is 3.60. The van der Waals surface area contributed by atoms with E-state index in [9.17, 15) is 0 Å². The molecule has 0 aromatic carbocycles. The van der Waals surface area contributed by atoms with E-state index >= 15 is 0 Å². The van der Waals surface area contributed by atoms with Crippen molar-refractivity contribution in [2.45, 2.75) is 69.7 Å². The Morgan fingerprint density at radius 1 is 1.00 bits per heavy atom. The van der Waals surface area contributed by atoms with Gasteiger partial charge in [-0.25, -0.2) is 0 Å². The molecule has 0 N–H and O–H groups in total. The molecule has 0 fully saturated rings. The Bertz CT molecular complexity index is 13.1. The van der Waals surface area contributed by atoms with Crippen molar-refractivity contribution in [2.24, 2.45) is 0 Å². The van der Waals surface area contributed by atoms with Gasteiger partial charge in [0.1, 0.15) is 0 Å². The van der Waals surface area contributed by atoms with Crippen LogP contribution in [0.15, 0.2) is 0 Å². The molecule has 1 heteroatoms. The first-order chi connectivity index (χ1) is 3.83. The maximum Gasteiger partial charge on any atom is 2.00 e. The molecule has 0 aromatic heterocycles. The number of rotatable bonds is 2. The zero-order valence-electron chi connectivity index (χ0n) is 6.81. The maximum atomic E-state index is 3.60. The van der Waals surface area contributed by atoms with Crippen LogP contribution >= 0.6 is 0 Å². The summed E-state index contributed by atoms with van der Waals surface area (Å²) in [4.78, 5) is 0. The van der Waals surface area contributed by atoms with Crippen molar-refractivity contribution in [2.75, 3.05) is 0 Å². The Morgan fingerprint density at radius 2 is 1.15 bits per heavy atom. The molecule has 0 nitrogen and oxygen atoms in total. The number of hydrogen-bond donors (Lipinski definition) is 0. The van der Waals surface area contributed by atoms with E-state index in [1.165, 1.54) is 12.8 Å². The summed E-state index contributed by atoms with van der Waals surface area (Å²) in [5, 5.41) is 0. The van der Waals surface area contributed by atoms with Crippen LogP contribution in [0.1, 0.15) is 69.7 Å². The first-order valence-electron chi connectivity index (χ1n) is 3.40. The van der Waals surface area contributed by atoms with Crippen LogP contribution in [0.3, 0.4) is 0 Å². The summed E-state index contributed by atoms with van der Waals surface area (Å²) in [6.45, 7) is 9.90. The van der Waals surface area contributed by atoms with Gasteiger partial charge >= 0.3 is 21.1 Å². The standard InChI is InChI=1S/2C4H9.4CH4.W/c2*1-3-4-2;;;;;/h3H,4H2,1-2H3;1,3-4H2,2H3;4*1H4;/q2*-1;;;;;+2. The van der Waals surface area contributed by atoms with Crippen LogP contribution < -0.4 is 0 Å². The topological polar surface area (TPSA) is 0 Å². The number of hydrogen-bond acceptors (Lipinski definition) is 0. The van der Waals surface area contributed by atoms with E-state index in [1.54, 1.807) is 0 Å². The van der Waals surface area contributed by atoms with Gasteiger partial charge in [-0.05, 0) is 0 Å². The number of unbranched alkanes of at least 4 members (excludes halogenated alkanes) is 2. The molecule has 0 saturated carbocycles. The average Bonchev–Trinajstić information content (AvgIpc) is 1.88. The predicted octanol–water partition coefficient (Wildman–Crippen LogP) is 5.78. The Labute approximate surface area is 104 Å². The van der Waals surface area contributed by atoms with Crippen molar-refractivity contribution >= 4 is 0 Å². The smallest absolute Gasteiger partial charge is 0.343 e. The molecule has 0 aliphatic carbocycles. The minimum atomic E-state index is 0. The van der Waals surface area contributed by atoms with Gasteiger partial charge in [0.15, 0.2) is 0 Å². The Kier molecular flexibility index (Phi) is 299. The second-order valence-electron chi connectivity index (χ2n) is 1.67. The first-order valence-corrected chi connectivity index (χ1v) is 3.40. The summed E-state index contributed by atoms with van der Waals surface area (Å²) in [6.07, 6.45) is 5.60. The molecule has 0 heterocycles. The third-order valence-corrected chi connectivity index (χ3v) is 0.762. The van der Waals surface area contributed by atoms with E-state index in [2.05, 4.69) is 34.1 Å². The first kappa shape index (κ1) is 49.3. The largest absolute Gasteiger partial charge is 2.00 e. The minimum Gasteiger partial charge on any atom is -0.343 e. The van der Waals surface area contributed by atoms with E-state index in [0.29, 0.717) is 0 Å². The van der Waals surface area contributed by atoms with Gasteiger partial charge in [0.25, 0.3) is 0 Å². The van der Waals surface area contributed by atoms with E-state index in [1.807, 2.05) is 0 Å². The van der Waals surface area contributed by atoms with Gasteiger partial charge in [0.2, 0.25) is 0 Å². The summed E-state index contributed by atoms with van der Waals surface area (Å²) in [6, 6.07) is 0. The van der Waals surface area contributed by atoms with E-state index in [4.69, 9.17) is 0 Å². The van der Waals surface area contributed by atoms with Gasteiger partial charge in [0.05, 0.1) is 0 Å². The third-order valence-electron chi connectivity index (χ3n) is 0.762. The van der Waals surface area contributed by atoms with Crippen molar-refractivity contribution in [3.8, 4) is 0 Å². The molecule has 0 unspecified atom stereocenters. The van der Waals surface area contributed by atoms with Crippen LogP contribution in [0.25, 0.3) is 0 Å². The normalized spacial score (nSPS) is 4.62. The van der Waals surface area contributed by atoms with Gasteiger partial charge in [-0.3, -0.25) is 0 Å². The van der Waals surface area contributed by atoms with Gasteiger partial charge < -0.3 is 13.3 Å². The fraction of sp³-hybridized carbons (Fsp3) is 0.833. The summed E-state index contributed by atoms with van der Waals surface area (Å²) < 4.78 is 0. The van der Waals surface area contributed by atoms with Crippen molar-refractivity contribution in [3.05, 3.63) is 13.3 Å². The van der Waals surface area contributed by atoms with Crippen LogP contribution in [0.5, 0.6) is 0 Å². The zero-order valence-corrected chi connectivity index (χ0v) is 9.75. The quantitative estimate of drug-likeness (QED) is 0.546. The Balaban J connectivity index is -0.00000000800. The van der Waals surface area contributed by atoms with E-state index in [-0.39, 0.29) is 50.8 Å². The predicted molar refractivity (Wildman–Crippen MR) is 67.5 cm³/mol. The fourth-order valence-electron chi connectivity index (χ4n) is 0. The van der Waals surface area contributed by atoms with E-state index < -0.39 is 0 Å². The zero-order chi connectivity index (χ0) is 6.83. The molecule has 0 radical (unpaired) electrons. The molecular formula is C12H34W. The van der Waals surface area contributed by atoms with Crippen molar-refractivity contribution < 1.29 is 21.1 Å².